The zero-order valence-corrected chi connectivity index (χ0v) is 14.4. The van der Waals surface area contributed by atoms with Crippen LogP contribution >= 0.6 is 19.4 Å². The van der Waals surface area contributed by atoms with E-state index in [4.69, 9.17) is 20.6 Å². The second kappa shape index (κ2) is 7.18. The first-order chi connectivity index (χ1) is 9.09. The molecule has 0 saturated carbocycles. The lowest BCUT2D eigenvalue weighted by Gasteiger charge is -2.19. The van der Waals surface area contributed by atoms with E-state index in [0.29, 0.717) is 10.6 Å². The largest absolute Gasteiger partial charge is 0.474 e. The van der Waals surface area contributed by atoms with Crippen LogP contribution in [0.3, 0.4) is 0 Å². The summed E-state index contributed by atoms with van der Waals surface area (Å²) >= 11 is 5.71. The number of hydrogen-bond acceptors (Lipinski definition) is 4. The van der Waals surface area contributed by atoms with E-state index in [-0.39, 0.29) is 6.61 Å². The van der Waals surface area contributed by atoms with Gasteiger partial charge in [-0.2, -0.15) is 0 Å². The molecular formula is C12H20ClO5PSi. The molecule has 5 nitrogen and oxygen atoms in total. The number of halogens is 1. The molecule has 0 aliphatic heterocycles. The Bertz CT molecular complexity index is 474. The number of rotatable bonds is 7. The fraction of sp³-hybridized carbons (Fsp3) is 0.500. The summed E-state index contributed by atoms with van der Waals surface area (Å²) in [7, 11) is -5.63. The summed E-state index contributed by atoms with van der Waals surface area (Å²) in [4.78, 5) is 9.54. The molecule has 2 unspecified atom stereocenters. The first-order valence-corrected chi connectivity index (χ1v) is 11.8. The van der Waals surface area contributed by atoms with E-state index in [1.807, 2.05) is 0 Å². The van der Waals surface area contributed by atoms with Gasteiger partial charge in [-0.3, -0.25) is 9.05 Å². The number of aliphatic hydroxyl groups excluding tert-OH is 1. The zero-order valence-electron chi connectivity index (χ0n) is 11.7. The molecule has 1 aromatic carbocycles. The van der Waals surface area contributed by atoms with Gasteiger partial charge in [-0.15, -0.1) is 0 Å². The van der Waals surface area contributed by atoms with Crippen LogP contribution in [0.5, 0.6) is 0 Å². The van der Waals surface area contributed by atoms with E-state index in [9.17, 15) is 14.6 Å². The summed E-state index contributed by atoms with van der Waals surface area (Å²) < 4.78 is 21.2. The summed E-state index contributed by atoms with van der Waals surface area (Å²) in [6, 6.07) is 6.86. The van der Waals surface area contributed by atoms with Crippen molar-refractivity contribution in [3.8, 4) is 0 Å². The second-order valence-corrected chi connectivity index (χ2v) is 13.1. The van der Waals surface area contributed by atoms with Crippen LogP contribution in [-0.2, 0) is 13.6 Å². The zero-order chi connectivity index (χ0) is 15.4. The Morgan fingerprint density at radius 1 is 1.30 bits per heavy atom. The molecule has 0 spiro atoms. The van der Waals surface area contributed by atoms with E-state index in [1.54, 1.807) is 12.1 Å². The SMILES string of the molecule is C[Si](C)(C)CCOP(=O)(O)OC(O)c1ccc(Cl)cc1. The van der Waals surface area contributed by atoms with Crippen molar-refractivity contribution in [3.63, 3.8) is 0 Å². The predicted molar refractivity (Wildman–Crippen MR) is 81.4 cm³/mol. The maximum absolute atomic E-state index is 11.7. The summed E-state index contributed by atoms with van der Waals surface area (Å²) in [5.74, 6) is 0. The smallest absolute Gasteiger partial charge is 0.364 e. The van der Waals surface area contributed by atoms with Crippen molar-refractivity contribution in [1.82, 2.24) is 0 Å². The highest BCUT2D eigenvalue weighted by Gasteiger charge is 2.27. The van der Waals surface area contributed by atoms with Gasteiger partial charge in [0.25, 0.3) is 0 Å². The molecule has 114 valence electrons. The van der Waals surface area contributed by atoms with Gasteiger partial charge >= 0.3 is 7.82 Å². The van der Waals surface area contributed by atoms with Crippen LogP contribution in [0.4, 0.5) is 0 Å². The van der Waals surface area contributed by atoms with E-state index in [1.165, 1.54) is 12.1 Å². The Balaban J connectivity index is 2.53. The van der Waals surface area contributed by atoms with Crippen LogP contribution in [-0.4, -0.2) is 24.7 Å². The van der Waals surface area contributed by atoms with Crippen molar-refractivity contribution < 1.29 is 23.6 Å². The van der Waals surface area contributed by atoms with Gasteiger partial charge in [-0.05, 0) is 18.2 Å². The molecule has 2 N–H and O–H groups in total. The topological polar surface area (TPSA) is 76.0 Å². The molecule has 0 amide bonds. The quantitative estimate of drug-likeness (QED) is 0.449. The standard InChI is InChI=1S/C12H20ClO5PSi/c1-20(2,3)9-8-17-19(15,16)18-12(14)10-4-6-11(13)7-5-10/h4-7,12,14H,8-9H2,1-3H3,(H,15,16). The molecule has 0 heterocycles. The first-order valence-electron chi connectivity index (χ1n) is 6.18. The molecule has 1 aromatic rings. The Kier molecular flexibility index (Phi) is 6.41. The molecule has 0 aliphatic rings. The lowest BCUT2D eigenvalue weighted by molar-refractivity contribution is -0.0441. The third-order valence-electron chi connectivity index (χ3n) is 2.49. The molecule has 1 rings (SSSR count). The van der Waals surface area contributed by atoms with Crippen molar-refractivity contribution in [1.29, 1.82) is 0 Å². The van der Waals surface area contributed by atoms with Crippen LogP contribution in [0.25, 0.3) is 0 Å². The molecule has 0 aromatic heterocycles. The summed E-state index contributed by atoms with van der Waals surface area (Å²) in [6.07, 6.45) is -1.53. The van der Waals surface area contributed by atoms with E-state index < -0.39 is 22.2 Å². The van der Waals surface area contributed by atoms with Crippen molar-refractivity contribution in [2.75, 3.05) is 6.61 Å². The van der Waals surface area contributed by atoms with Gasteiger partial charge < -0.3 is 10.00 Å². The lowest BCUT2D eigenvalue weighted by Crippen LogP contribution is -2.21. The third kappa shape index (κ3) is 6.99. The maximum atomic E-state index is 11.7. The van der Waals surface area contributed by atoms with Crippen LogP contribution in [0.1, 0.15) is 11.9 Å². The fourth-order valence-corrected chi connectivity index (χ4v) is 3.08. The molecular weight excluding hydrogens is 319 g/mol. The van der Waals surface area contributed by atoms with Gasteiger partial charge in [-0.25, -0.2) is 4.57 Å². The van der Waals surface area contributed by atoms with Crippen LogP contribution in [0.15, 0.2) is 24.3 Å². The number of phosphoric ester groups is 1. The number of benzene rings is 1. The average molecular weight is 339 g/mol. The Labute approximate surface area is 125 Å². The van der Waals surface area contributed by atoms with Crippen molar-refractivity contribution in [2.45, 2.75) is 32.0 Å². The van der Waals surface area contributed by atoms with E-state index in [2.05, 4.69) is 19.6 Å². The molecule has 0 bridgehead atoms. The minimum Gasteiger partial charge on any atom is -0.364 e. The average Bonchev–Trinajstić information content (AvgIpc) is 2.26. The Hall–Kier alpha value is -0.203. The predicted octanol–water partition coefficient (Wildman–Crippen LogP) is 3.80. The monoisotopic (exact) mass is 338 g/mol. The summed E-state index contributed by atoms with van der Waals surface area (Å²) in [5.41, 5.74) is 0.331. The normalized spacial score (nSPS) is 16.7. The van der Waals surface area contributed by atoms with Crippen molar-refractivity contribution in [2.24, 2.45) is 0 Å². The summed E-state index contributed by atoms with van der Waals surface area (Å²) in [5, 5.41) is 10.2. The van der Waals surface area contributed by atoms with Gasteiger partial charge in [0, 0.05) is 18.7 Å². The molecule has 2 atom stereocenters. The lowest BCUT2D eigenvalue weighted by atomic mass is 10.2. The van der Waals surface area contributed by atoms with Crippen LogP contribution < -0.4 is 0 Å². The summed E-state index contributed by atoms with van der Waals surface area (Å²) in [6.45, 7) is 6.52. The molecule has 0 saturated heterocycles. The molecule has 8 heteroatoms. The van der Waals surface area contributed by atoms with Gasteiger partial charge in [-0.1, -0.05) is 43.4 Å². The fourth-order valence-electron chi connectivity index (χ4n) is 1.31. The molecule has 20 heavy (non-hydrogen) atoms. The molecule has 0 radical (unpaired) electrons. The van der Waals surface area contributed by atoms with Crippen LogP contribution in [0.2, 0.25) is 30.7 Å². The first kappa shape index (κ1) is 17.8. The van der Waals surface area contributed by atoms with Crippen LogP contribution in [0, 0.1) is 0 Å². The highest BCUT2D eigenvalue weighted by Crippen LogP contribution is 2.47. The number of phosphoric acid groups is 1. The molecule has 0 aliphatic carbocycles. The Morgan fingerprint density at radius 2 is 1.85 bits per heavy atom. The highest BCUT2D eigenvalue weighted by molar-refractivity contribution is 7.47. The number of hydrogen-bond donors (Lipinski definition) is 2. The second-order valence-electron chi connectivity index (χ2n) is 5.62. The van der Waals surface area contributed by atoms with E-state index in [0.717, 1.165) is 6.04 Å². The Morgan fingerprint density at radius 3 is 2.35 bits per heavy atom. The highest BCUT2D eigenvalue weighted by atomic mass is 35.5. The minimum absolute atomic E-state index is 0.136. The van der Waals surface area contributed by atoms with Gasteiger partial charge in [0.05, 0.1) is 6.61 Å². The maximum Gasteiger partial charge on any atom is 0.474 e. The van der Waals surface area contributed by atoms with Crippen molar-refractivity contribution in [3.05, 3.63) is 34.9 Å². The molecule has 0 fully saturated rings. The van der Waals surface area contributed by atoms with E-state index >= 15 is 0 Å². The van der Waals surface area contributed by atoms with Crippen molar-refractivity contribution >= 4 is 27.5 Å². The third-order valence-corrected chi connectivity index (χ3v) is 5.43. The number of aliphatic hydroxyl groups is 1. The van der Waals surface area contributed by atoms with Gasteiger partial charge in [0.2, 0.25) is 0 Å². The minimum atomic E-state index is -4.27. The van der Waals surface area contributed by atoms with Gasteiger partial charge in [0.1, 0.15) is 0 Å². The van der Waals surface area contributed by atoms with Gasteiger partial charge in [0.15, 0.2) is 6.29 Å².